The van der Waals surface area contributed by atoms with Gasteiger partial charge in [-0.05, 0) is 26.0 Å². The summed E-state index contributed by atoms with van der Waals surface area (Å²) in [4.78, 5) is 11.6. The van der Waals surface area contributed by atoms with Crippen LogP contribution in [0, 0.1) is 0 Å². The molecule has 0 unspecified atom stereocenters. The number of rotatable bonds is 4. The van der Waals surface area contributed by atoms with Crippen LogP contribution in [0.1, 0.15) is 24.2 Å². The van der Waals surface area contributed by atoms with Crippen LogP contribution in [0.4, 0.5) is 0 Å². The monoisotopic (exact) mass is 209 g/mol. The summed E-state index contributed by atoms with van der Waals surface area (Å²) >= 11 is 0. The quantitative estimate of drug-likeness (QED) is 0.585. The van der Waals surface area contributed by atoms with E-state index in [1.165, 1.54) is 12.1 Å². The molecule has 0 atom stereocenters. The molecule has 0 aliphatic heterocycles. The predicted octanol–water partition coefficient (Wildman–Crippen LogP) is 1.67. The SMILES string of the molecule is CC(C)N(O)CC(=O)c1cccc(O)c1. The van der Waals surface area contributed by atoms with Gasteiger partial charge in [0, 0.05) is 11.6 Å². The molecule has 0 heterocycles. The van der Waals surface area contributed by atoms with E-state index in [1.54, 1.807) is 26.0 Å². The first-order valence-electron chi connectivity index (χ1n) is 4.78. The zero-order valence-electron chi connectivity index (χ0n) is 8.84. The summed E-state index contributed by atoms with van der Waals surface area (Å²) in [5.74, 6) is -0.169. The fourth-order valence-corrected chi connectivity index (χ4v) is 1.10. The summed E-state index contributed by atoms with van der Waals surface area (Å²) in [6, 6.07) is 5.98. The van der Waals surface area contributed by atoms with Gasteiger partial charge in [-0.25, -0.2) is 0 Å². The summed E-state index contributed by atoms with van der Waals surface area (Å²) in [5, 5.41) is 19.5. The Labute approximate surface area is 88.7 Å². The summed E-state index contributed by atoms with van der Waals surface area (Å²) in [5.41, 5.74) is 0.398. The molecule has 0 saturated carbocycles. The van der Waals surface area contributed by atoms with Crippen molar-refractivity contribution in [2.75, 3.05) is 6.54 Å². The van der Waals surface area contributed by atoms with Crippen LogP contribution in [0.3, 0.4) is 0 Å². The second-order valence-electron chi connectivity index (χ2n) is 3.66. The van der Waals surface area contributed by atoms with Crippen LogP contribution in [0.2, 0.25) is 0 Å². The van der Waals surface area contributed by atoms with E-state index < -0.39 is 0 Å². The highest BCUT2D eigenvalue weighted by atomic mass is 16.5. The summed E-state index contributed by atoms with van der Waals surface area (Å²) in [6.07, 6.45) is 0. The van der Waals surface area contributed by atoms with Crippen molar-refractivity contribution in [3.63, 3.8) is 0 Å². The molecule has 15 heavy (non-hydrogen) atoms. The van der Waals surface area contributed by atoms with E-state index in [2.05, 4.69) is 0 Å². The van der Waals surface area contributed by atoms with Crippen LogP contribution < -0.4 is 0 Å². The van der Waals surface area contributed by atoms with E-state index in [0.29, 0.717) is 5.56 Å². The van der Waals surface area contributed by atoms with Gasteiger partial charge in [-0.1, -0.05) is 12.1 Å². The molecule has 0 radical (unpaired) electrons. The first-order chi connectivity index (χ1) is 7.00. The van der Waals surface area contributed by atoms with Crippen LogP contribution in [0.5, 0.6) is 5.75 Å². The normalized spacial score (nSPS) is 11.0. The van der Waals surface area contributed by atoms with Crippen molar-refractivity contribution in [1.82, 2.24) is 5.06 Å². The van der Waals surface area contributed by atoms with Gasteiger partial charge in [0.15, 0.2) is 5.78 Å². The van der Waals surface area contributed by atoms with Gasteiger partial charge in [0.2, 0.25) is 0 Å². The van der Waals surface area contributed by atoms with Crippen LogP contribution in [-0.2, 0) is 0 Å². The number of hydroxylamine groups is 2. The summed E-state index contributed by atoms with van der Waals surface area (Å²) < 4.78 is 0. The average Bonchev–Trinajstić information content (AvgIpc) is 2.17. The third kappa shape index (κ3) is 3.34. The van der Waals surface area contributed by atoms with Gasteiger partial charge in [-0.3, -0.25) is 4.79 Å². The topological polar surface area (TPSA) is 60.8 Å². The van der Waals surface area contributed by atoms with Gasteiger partial charge >= 0.3 is 0 Å². The van der Waals surface area contributed by atoms with Crippen LogP contribution in [0.25, 0.3) is 0 Å². The Bertz CT molecular complexity index is 349. The molecule has 0 aliphatic carbocycles. The summed E-state index contributed by atoms with van der Waals surface area (Å²) in [6.45, 7) is 3.51. The molecule has 1 aromatic rings. The zero-order chi connectivity index (χ0) is 11.4. The largest absolute Gasteiger partial charge is 0.508 e. The van der Waals surface area contributed by atoms with E-state index in [1.807, 2.05) is 0 Å². The fourth-order valence-electron chi connectivity index (χ4n) is 1.10. The van der Waals surface area contributed by atoms with Gasteiger partial charge in [-0.2, -0.15) is 5.06 Å². The van der Waals surface area contributed by atoms with Crippen molar-refractivity contribution >= 4 is 5.78 Å². The molecule has 0 aromatic heterocycles. The first-order valence-corrected chi connectivity index (χ1v) is 4.78. The van der Waals surface area contributed by atoms with E-state index in [9.17, 15) is 15.1 Å². The van der Waals surface area contributed by atoms with E-state index in [0.717, 1.165) is 5.06 Å². The van der Waals surface area contributed by atoms with Crippen LogP contribution in [-0.4, -0.2) is 33.7 Å². The lowest BCUT2D eigenvalue weighted by Crippen LogP contribution is -2.32. The van der Waals surface area contributed by atoms with Crippen molar-refractivity contribution in [3.05, 3.63) is 29.8 Å². The number of benzene rings is 1. The molecule has 1 aromatic carbocycles. The molecule has 0 amide bonds. The number of nitrogens with zero attached hydrogens (tertiary/aromatic N) is 1. The van der Waals surface area contributed by atoms with Gasteiger partial charge in [0.1, 0.15) is 5.75 Å². The van der Waals surface area contributed by atoms with E-state index in [-0.39, 0.29) is 24.1 Å². The zero-order valence-corrected chi connectivity index (χ0v) is 8.84. The highest BCUT2D eigenvalue weighted by Crippen LogP contribution is 2.11. The van der Waals surface area contributed by atoms with Gasteiger partial charge in [-0.15, -0.1) is 0 Å². The molecule has 0 fully saturated rings. The predicted molar refractivity (Wildman–Crippen MR) is 56.1 cm³/mol. The molecule has 82 valence electrons. The maximum Gasteiger partial charge on any atom is 0.179 e. The fraction of sp³-hybridized carbons (Fsp3) is 0.364. The highest BCUT2D eigenvalue weighted by Gasteiger charge is 2.13. The standard InChI is InChI=1S/C11H15NO3/c1-8(2)12(15)7-11(14)9-4-3-5-10(13)6-9/h3-6,8,13,15H,7H2,1-2H3. The van der Waals surface area contributed by atoms with Crippen LogP contribution >= 0.6 is 0 Å². The Morgan fingerprint density at radius 2 is 2.13 bits per heavy atom. The molecule has 0 saturated heterocycles. The molecular formula is C11H15NO3. The minimum absolute atomic E-state index is 0.0508. The molecule has 0 spiro atoms. The number of aromatic hydroxyl groups is 1. The number of phenolic OH excluding ortho intramolecular Hbond substituents is 1. The van der Waals surface area contributed by atoms with Crippen molar-refractivity contribution < 1.29 is 15.1 Å². The third-order valence-electron chi connectivity index (χ3n) is 2.07. The number of Topliss-reactive ketones (excluding diaryl/α,β-unsaturated/α-hetero) is 1. The van der Waals surface area contributed by atoms with Gasteiger partial charge in [0.05, 0.1) is 6.54 Å². The number of carbonyl (C=O) groups excluding carboxylic acids is 1. The number of carbonyl (C=O) groups is 1. The average molecular weight is 209 g/mol. The molecule has 0 bridgehead atoms. The number of hydrogen-bond acceptors (Lipinski definition) is 4. The number of ketones is 1. The smallest absolute Gasteiger partial charge is 0.179 e. The molecule has 4 heteroatoms. The second-order valence-corrected chi connectivity index (χ2v) is 3.66. The highest BCUT2D eigenvalue weighted by molar-refractivity contribution is 5.97. The minimum Gasteiger partial charge on any atom is -0.508 e. The Balaban J connectivity index is 2.69. The van der Waals surface area contributed by atoms with E-state index >= 15 is 0 Å². The molecule has 2 N–H and O–H groups in total. The first kappa shape index (κ1) is 11.7. The molecule has 1 rings (SSSR count). The van der Waals surface area contributed by atoms with Gasteiger partial charge < -0.3 is 10.3 Å². The molecule has 4 nitrogen and oxygen atoms in total. The summed E-state index contributed by atoms with van der Waals surface area (Å²) in [7, 11) is 0. The van der Waals surface area contributed by atoms with Crippen molar-refractivity contribution in [2.24, 2.45) is 0 Å². The second kappa shape index (κ2) is 4.91. The molecule has 0 aliphatic rings. The van der Waals surface area contributed by atoms with Gasteiger partial charge in [0.25, 0.3) is 0 Å². The lowest BCUT2D eigenvalue weighted by molar-refractivity contribution is -0.107. The Morgan fingerprint density at radius 3 is 2.67 bits per heavy atom. The Hall–Kier alpha value is -1.39. The lowest BCUT2D eigenvalue weighted by atomic mass is 10.1. The minimum atomic E-state index is -0.220. The maximum absolute atomic E-state index is 11.6. The third-order valence-corrected chi connectivity index (χ3v) is 2.07. The van der Waals surface area contributed by atoms with Crippen LogP contribution in [0.15, 0.2) is 24.3 Å². The maximum atomic E-state index is 11.6. The number of phenols is 1. The Morgan fingerprint density at radius 1 is 1.47 bits per heavy atom. The Kier molecular flexibility index (Phi) is 3.82. The van der Waals surface area contributed by atoms with Crippen molar-refractivity contribution in [3.8, 4) is 5.75 Å². The molecular weight excluding hydrogens is 194 g/mol. The van der Waals surface area contributed by atoms with Crippen molar-refractivity contribution in [1.29, 1.82) is 0 Å². The number of hydrogen-bond donors (Lipinski definition) is 2. The lowest BCUT2D eigenvalue weighted by Gasteiger charge is -2.17. The van der Waals surface area contributed by atoms with E-state index in [4.69, 9.17) is 0 Å². The van der Waals surface area contributed by atoms with Crippen molar-refractivity contribution in [2.45, 2.75) is 19.9 Å².